The monoisotopic (exact) mass is 802 g/mol. The molecule has 0 amide bonds. The minimum Gasteiger partial charge on any atom is -0.462 e. The molecule has 0 aliphatic rings. The van der Waals surface area contributed by atoms with Gasteiger partial charge in [0.25, 0.3) is 0 Å². The third kappa shape index (κ3) is 42.2. The van der Waals surface area contributed by atoms with Crippen LogP contribution >= 0.6 is 7.82 Å². The van der Waals surface area contributed by atoms with Crippen molar-refractivity contribution in [3.63, 3.8) is 0 Å². The van der Waals surface area contributed by atoms with Crippen LogP contribution in [-0.4, -0.2) is 49.3 Å². The van der Waals surface area contributed by atoms with E-state index in [9.17, 15) is 19.0 Å². The second-order valence-electron chi connectivity index (χ2n) is 15.6. The molecule has 0 saturated heterocycles. The van der Waals surface area contributed by atoms with Crippen LogP contribution in [0.15, 0.2) is 12.2 Å². The van der Waals surface area contributed by atoms with Crippen LogP contribution < -0.4 is 5.73 Å². The van der Waals surface area contributed by atoms with E-state index in [2.05, 4.69) is 26.0 Å². The maximum Gasteiger partial charge on any atom is 0.472 e. The van der Waals surface area contributed by atoms with E-state index in [1.54, 1.807) is 0 Å². The Hall–Kier alpha value is -1.25. The SMILES string of the molecule is CCCCCC/C=C/CCCCCCCCCC(=O)O[C@H](COC(=O)CCCCCCCCCCCCCCCCCCCCC)COP(=O)(O)OCCN. The van der Waals surface area contributed by atoms with Crippen molar-refractivity contribution in [2.24, 2.45) is 5.73 Å². The number of hydrogen-bond acceptors (Lipinski definition) is 8. The number of rotatable bonds is 44. The second kappa shape index (κ2) is 42.4. The molecule has 2 atom stereocenters. The Balaban J connectivity index is 4.06. The van der Waals surface area contributed by atoms with Crippen LogP contribution in [0, 0.1) is 0 Å². The predicted molar refractivity (Wildman–Crippen MR) is 229 cm³/mol. The number of esters is 2. The molecular weight excluding hydrogens is 713 g/mol. The van der Waals surface area contributed by atoms with Crippen molar-refractivity contribution in [3.05, 3.63) is 12.2 Å². The maximum absolute atomic E-state index is 12.6. The number of unbranched alkanes of at least 4 members (excludes halogenated alkanes) is 29. The lowest BCUT2D eigenvalue weighted by Crippen LogP contribution is -2.29. The van der Waals surface area contributed by atoms with Crippen molar-refractivity contribution >= 4 is 19.8 Å². The lowest BCUT2D eigenvalue weighted by Gasteiger charge is -2.19. The Labute approximate surface area is 339 Å². The normalized spacial score (nSPS) is 13.3. The van der Waals surface area contributed by atoms with Gasteiger partial charge in [-0.3, -0.25) is 18.6 Å². The number of carbonyl (C=O) groups is 2. The van der Waals surface area contributed by atoms with Gasteiger partial charge in [-0.2, -0.15) is 0 Å². The first-order chi connectivity index (χ1) is 26.8. The number of nitrogens with two attached hydrogens (primary N) is 1. The molecule has 0 aliphatic carbocycles. The zero-order valence-electron chi connectivity index (χ0n) is 35.9. The van der Waals surface area contributed by atoms with Crippen LogP contribution in [-0.2, 0) is 32.7 Å². The van der Waals surface area contributed by atoms with Gasteiger partial charge < -0.3 is 20.1 Å². The first-order valence-electron chi connectivity index (χ1n) is 23.2. The summed E-state index contributed by atoms with van der Waals surface area (Å²) in [6, 6.07) is 0. The van der Waals surface area contributed by atoms with Gasteiger partial charge in [0.15, 0.2) is 6.10 Å². The van der Waals surface area contributed by atoms with E-state index in [0.29, 0.717) is 6.42 Å². The molecule has 0 rings (SSSR count). The molecule has 0 saturated carbocycles. The Morgan fingerprint density at radius 3 is 1.31 bits per heavy atom. The number of hydrogen-bond donors (Lipinski definition) is 2. The molecule has 0 spiro atoms. The van der Waals surface area contributed by atoms with Gasteiger partial charge in [0.05, 0.1) is 13.2 Å². The summed E-state index contributed by atoms with van der Waals surface area (Å²) in [5, 5.41) is 0. The molecule has 0 aromatic rings. The van der Waals surface area contributed by atoms with E-state index in [-0.39, 0.29) is 38.6 Å². The lowest BCUT2D eigenvalue weighted by atomic mass is 10.0. The Morgan fingerprint density at radius 1 is 0.527 bits per heavy atom. The van der Waals surface area contributed by atoms with Crippen molar-refractivity contribution in [2.75, 3.05) is 26.4 Å². The molecule has 0 bridgehead atoms. The van der Waals surface area contributed by atoms with Crippen molar-refractivity contribution < 1.29 is 37.6 Å². The fourth-order valence-corrected chi connectivity index (χ4v) is 7.45. The van der Waals surface area contributed by atoms with E-state index in [4.69, 9.17) is 24.3 Å². The number of allylic oxidation sites excluding steroid dienone is 2. The van der Waals surface area contributed by atoms with Gasteiger partial charge in [-0.1, -0.05) is 193 Å². The number of ether oxygens (including phenoxy) is 2. The Bertz CT molecular complexity index is 917. The standard InChI is InChI=1S/C45H88NO8P/c1-3-5-7-9-11-13-15-17-19-20-21-22-24-25-27-29-31-33-35-37-44(47)51-41-43(42-53-55(49,50)52-40-39-46)54-45(48)38-36-34-32-30-28-26-23-18-16-14-12-10-8-6-4-2/h14,16,43H,3-13,15,17-42,46H2,1-2H3,(H,49,50)/b16-14+/t43-/m1/s1. The highest BCUT2D eigenvalue weighted by Crippen LogP contribution is 2.43. The van der Waals surface area contributed by atoms with Gasteiger partial charge in [-0.25, -0.2) is 4.57 Å². The fraction of sp³-hybridized carbons (Fsp3) is 0.911. The van der Waals surface area contributed by atoms with Gasteiger partial charge in [-0.15, -0.1) is 0 Å². The molecule has 3 N–H and O–H groups in total. The highest BCUT2D eigenvalue weighted by molar-refractivity contribution is 7.47. The van der Waals surface area contributed by atoms with Crippen LogP contribution in [0.3, 0.4) is 0 Å². The van der Waals surface area contributed by atoms with Crippen molar-refractivity contribution in [3.8, 4) is 0 Å². The summed E-state index contributed by atoms with van der Waals surface area (Å²) in [5.74, 6) is -0.821. The molecule has 9 nitrogen and oxygen atoms in total. The van der Waals surface area contributed by atoms with Crippen molar-refractivity contribution in [1.82, 2.24) is 0 Å². The zero-order valence-corrected chi connectivity index (χ0v) is 36.8. The summed E-state index contributed by atoms with van der Waals surface area (Å²) in [7, 11) is -4.37. The van der Waals surface area contributed by atoms with Gasteiger partial charge >= 0.3 is 19.8 Å². The fourth-order valence-electron chi connectivity index (χ4n) is 6.69. The Kier molecular flexibility index (Phi) is 41.4. The predicted octanol–water partition coefficient (Wildman–Crippen LogP) is 13.4. The zero-order chi connectivity index (χ0) is 40.3. The quantitative estimate of drug-likeness (QED) is 0.0267. The van der Waals surface area contributed by atoms with Gasteiger partial charge in [0.2, 0.25) is 0 Å². The molecule has 1 unspecified atom stereocenters. The molecule has 0 heterocycles. The Morgan fingerprint density at radius 2 is 0.891 bits per heavy atom. The summed E-state index contributed by atoms with van der Waals surface area (Å²) in [6.45, 7) is 3.75. The lowest BCUT2D eigenvalue weighted by molar-refractivity contribution is -0.161. The van der Waals surface area contributed by atoms with Crippen LogP contribution in [0.25, 0.3) is 0 Å². The average molecular weight is 802 g/mol. The van der Waals surface area contributed by atoms with Crippen molar-refractivity contribution in [1.29, 1.82) is 0 Å². The topological polar surface area (TPSA) is 134 Å². The van der Waals surface area contributed by atoms with Crippen LogP contribution in [0.2, 0.25) is 0 Å². The van der Waals surface area contributed by atoms with E-state index >= 15 is 0 Å². The van der Waals surface area contributed by atoms with Crippen LogP contribution in [0.5, 0.6) is 0 Å². The summed E-state index contributed by atoms with van der Waals surface area (Å²) in [5.41, 5.74) is 5.35. The minimum atomic E-state index is -4.37. The first-order valence-corrected chi connectivity index (χ1v) is 24.7. The number of phosphoric ester groups is 1. The molecule has 55 heavy (non-hydrogen) atoms. The number of phosphoric acid groups is 1. The molecule has 0 aromatic carbocycles. The highest BCUT2D eigenvalue weighted by Gasteiger charge is 2.26. The smallest absolute Gasteiger partial charge is 0.462 e. The maximum atomic E-state index is 12.6. The third-order valence-corrected chi connectivity index (χ3v) is 11.1. The number of carbonyl (C=O) groups excluding carboxylic acids is 2. The van der Waals surface area contributed by atoms with Gasteiger partial charge in [0, 0.05) is 19.4 Å². The summed E-state index contributed by atoms with van der Waals surface area (Å²) < 4.78 is 32.8. The average Bonchev–Trinajstić information content (AvgIpc) is 3.17. The van der Waals surface area contributed by atoms with Gasteiger partial charge in [-0.05, 0) is 38.5 Å². The first kappa shape index (κ1) is 53.8. The molecule has 326 valence electrons. The highest BCUT2D eigenvalue weighted by atomic mass is 31.2. The van der Waals surface area contributed by atoms with Crippen LogP contribution in [0.4, 0.5) is 0 Å². The van der Waals surface area contributed by atoms with E-state index in [1.807, 2.05) is 0 Å². The molecule has 0 aromatic heterocycles. The second-order valence-corrected chi connectivity index (χ2v) is 17.1. The van der Waals surface area contributed by atoms with E-state index in [0.717, 1.165) is 44.9 Å². The minimum absolute atomic E-state index is 0.0556. The van der Waals surface area contributed by atoms with E-state index < -0.39 is 26.5 Å². The van der Waals surface area contributed by atoms with E-state index in [1.165, 1.54) is 154 Å². The van der Waals surface area contributed by atoms with Gasteiger partial charge in [0.1, 0.15) is 6.61 Å². The summed E-state index contributed by atoms with van der Waals surface area (Å²) >= 11 is 0. The molecular formula is C45H88NO8P. The molecule has 0 radical (unpaired) electrons. The third-order valence-electron chi connectivity index (χ3n) is 10.2. The largest absolute Gasteiger partial charge is 0.472 e. The molecule has 10 heteroatoms. The molecule has 0 aliphatic heterocycles. The van der Waals surface area contributed by atoms with Crippen LogP contribution in [0.1, 0.15) is 232 Å². The summed E-state index contributed by atoms with van der Waals surface area (Å²) in [4.78, 5) is 34.9. The summed E-state index contributed by atoms with van der Waals surface area (Å²) in [6.07, 6.45) is 43.8. The van der Waals surface area contributed by atoms with Crippen molar-refractivity contribution in [2.45, 2.75) is 238 Å². The molecule has 0 fully saturated rings.